The lowest BCUT2D eigenvalue weighted by Gasteiger charge is -2.15. The fourth-order valence-corrected chi connectivity index (χ4v) is 1.97. The first-order valence-corrected chi connectivity index (χ1v) is 6.30. The Morgan fingerprint density at radius 1 is 1.38 bits per heavy atom. The zero-order chi connectivity index (χ0) is 15.5. The number of aryl methyl sites for hydroxylation is 1. The van der Waals surface area contributed by atoms with E-state index in [1.54, 1.807) is 18.6 Å². The van der Waals surface area contributed by atoms with Crippen molar-refractivity contribution < 1.29 is 13.2 Å². The number of imidazole rings is 1. The van der Waals surface area contributed by atoms with Crippen molar-refractivity contribution >= 4 is 5.69 Å². The third-order valence-electron chi connectivity index (χ3n) is 3.05. The first-order valence-electron chi connectivity index (χ1n) is 6.30. The molecule has 1 aromatic heterocycles. The second-order valence-electron chi connectivity index (χ2n) is 4.39. The Balaban J connectivity index is 2.26. The maximum atomic E-state index is 13.0. The van der Waals surface area contributed by atoms with Gasteiger partial charge in [-0.3, -0.25) is 0 Å². The van der Waals surface area contributed by atoms with Crippen LogP contribution in [0.2, 0.25) is 0 Å². The number of halogens is 3. The van der Waals surface area contributed by atoms with Crippen molar-refractivity contribution in [2.24, 2.45) is 0 Å². The predicted octanol–water partition coefficient (Wildman–Crippen LogP) is 3.41. The molecule has 7 heteroatoms. The summed E-state index contributed by atoms with van der Waals surface area (Å²) in [5, 5.41) is 11.5. The van der Waals surface area contributed by atoms with Gasteiger partial charge in [-0.15, -0.1) is 0 Å². The Bertz CT molecular complexity index is 668. The van der Waals surface area contributed by atoms with E-state index in [2.05, 4.69) is 10.3 Å². The zero-order valence-corrected chi connectivity index (χ0v) is 11.3. The van der Waals surface area contributed by atoms with Crippen LogP contribution in [-0.4, -0.2) is 9.55 Å². The van der Waals surface area contributed by atoms with Crippen molar-refractivity contribution in [3.05, 3.63) is 47.5 Å². The fourth-order valence-electron chi connectivity index (χ4n) is 1.97. The van der Waals surface area contributed by atoms with Crippen LogP contribution in [0.25, 0.3) is 0 Å². The minimum atomic E-state index is -4.51. The highest BCUT2D eigenvalue weighted by molar-refractivity contribution is 5.56. The molecule has 1 heterocycles. The maximum absolute atomic E-state index is 13.0. The topological polar surface area (TPSA) is 53.6 Å². The summed E-state index contributed by atoms with van der Waals surface area (Å²) in [6, 6.07) is 5.19. The first-order chi connectivity index (χ1) is 9.95. The minimum Gasteiger partial charge on any atom is -0.379 e. The van der Waals surface area contributed by atoms with Crippen LogP contribution >= 0.6 is 0 Å². The van der Waals surface area contributed by atoms with Crippen molar-refractivity contribution in [3.8, 4) is 6.07 Å². The lowest BCUT2D eigenvalue weighted by atomic mass is 10.1. The number of benzene rings is 1. The van der Waals surface area contributed by atoms with Crippen molar-refractivity contribution in [2.45, 2.75) is 26.2 Å². The highest BCUT2D eigenvalue weighted by Crippen LogP contribution is 2.35. The largest absolute Gasteiger partial charge is 0.418 e. The molecule has 110 valence electrons. The molecule has 2 aromatic rings. The summed E-state index contributed by atoms with van der Waals surface area (Å²) < 4.78 is 40.9. The van der Waals surface area contributed by atoms with E-state index in [0.717, 1.165) is 11.8 Å². The van der Waals surface area contributed by atoms with E-state index in [1.165, 1.54) is 12.1 Å². The summed E-state index contributed by atoms with van der Waals surface area (Å²) in [6.07, 6.45) is -1.28. The molecule has 0 unspecified atom stereocenters. The van der Waals surface area contributed by atoms with Crippen molar-refractivity contribution in [1.29, 1.82) is 5.26 Å². The van der Waals surface area contributed by atoms with E-state index in [-0.39, 0.29) is 17.8 Å². The molecule has 4 nitrogen and oxygen atoms in total. The van der Waals surface area contributed by atoms with Crippen LogP contribution in [0.5, 0.6) is 0 Å². The highest BCUT2D eigenvalue weighted by atomic mass is 19.4. The molecule has 0 bridgehead atoms. The van der Waals surface area contributed by atoms with Gasteiger partial charge in [0.25, 0.3) is 0 Å². The normalized spacial score (nSPS) is 11.2. The minimum absolute atomic E-state index is 0.0218. The first kappa shape index (κ1) is 14.9. The van der Waals surface area contributed by atoms with Crippen molar-refractivity contribution in [1.82, 2.24) is 9.55 Å². The van der Waals surface area contributed by atoms with Gasteiger partial charge in [-0.1, -0.05) is 0 Å². The molecule has 0 spiro atoms. The summed E-state index contributed by atoms with van der Waals surface area (Å²) in [6.45, 7) is 2.84. The summed E-state index contributed by atoms with van der Waals surface area (Å²) in [5.74, 6) is 0. The Kier molecular flexibility index (Phi) is 4.17. The van der Waals surface area contributed by atoms with Gasteiger partial charge in [0.05, 0.1) is 35.8 Å². The van der Waals surface area contributed by atoms with Gasteiger partial charge in [-0.05, 0) is 25.1 Å². The van der Waals surface area contributed by atoms with Gasteiger partial charge in [0.2, 0.25) is 0 Å². The third-order valence-corrected chi connectivity index (χ3v) is 3.05. The molecule has 0 saturated carbocycles. The van der Waals surface area contributed by atoms with Crippen LogP contribution in [0.1, 0.15) is 23.7 Å². The number of hydrogen-bond donors (Lipinski definition) is 1. The Labute approximate surface area is 119 Å². The van der Waals surface area contributed by atoms with E-state index in [1.807, 2.05) is 11.5 Å². The molecule has 1 N–H and O–H groups in total. The smallest absolute Gasteiger partial charge is 0.379 e. The van der Waals surface area contributed by atoms with E-state index in [0.29, 0.717) is 6.54 Å². The van der Waals surface area contributed by atoms with Gasteiger partial charge in [0, 0.05) is 18.4 Å². The molecule has 0 atom stereocenters. The summed E-state index contributed by atoms with van der Waals surface area (Å²) in [5.41, 5.74) is -0.129. The maximum Gasteiger partial charge on any atom is 0.418 e. The molecule has 0 aliphatic heterocycles. The Morgan fingerprint density at radius 2 is 2.14 bits per heavy atom. The van der Waals surface area contributed by atoms with Crippen LogP contribution < -0.4 is 5.32 Å². The van der Waals surface area contributed by atoms with Gasteiger partial charge in [-0.2, -0.15) is 18.4 Å². The van der Waals surface area contributed by atoms with E-state index in [9.17, 15) is 13.2 Å². The van der Waals surface area contributed by atoms with Gasteiger partial charge < -0.3 is 9.88 Å². The Morgan fingerprint density at radius 3 is 2.76 bits per heavy atom. The van der Waals surface area contributed by atoms with E-state index in [4.69, 9.17) is 5.26 Å². The summed E-state index contributed by atoms with van der Waals surface area (Å²) >= 11 is 0. The highest BCUT2D eigenvalue weighted by Gasteiger charge is 2.33. The number of alkyl halides is 3. The van der Waals surface area contributed by atoms with E-state index >= 15 is 0 Å². The van der Waals surface area contributed by atoms with Crippen molar-refractivity contribution in [2.75, 3.05) is 5.32 Å². The molecular weight excluding hydrogens is 281 g/mol. The van der Waals surface area contributed by atoms with E-state index < -0.39 is 11.7 Å². The van der Waals surface area contributed by atoms with Gasteiger partial charge in [-0.25, -0.2) is 4.98 Å². The fraction of sp³-hybridized carbons (Fsp3) is 0.286. The van der Waals surface area contributed by atoms with Gasteiger partial charge >= 0.3 is 6.18 Å². The number of rotatable bonds is 4. The molecule has 0 aliphatic rings. The molecule has 0 saturated heterocycles. The monoisotopic (exact) mass is 294 g/mol. The number of hydrogen-bond acceptors (Lipinski definition) is 3. The number of nitrogens with one attached hydrogen (secondary N) is 1. The second kappa shape index (κ2) is 5.87. The lowest BCUT2D eigenvalue weighted by Crippen LogP contribution is -2.12. The van der Waals surface area contributed by atoms with Crippen LogP contribution in [0, 0.1) is 11.3 Å². The van der Waals surface area contributed by atoms with Gasteiger partial charge in [0.1, 0.15) is 0 Å². The SMILES string of the molecule is CCn1cncc1CNc1ccc(C#N)cc1C(F)(F)F. The average molecular weight is 294 g/mol. The number of nitriles is 1. The number of nitrogens with zero attached hydrogens (tertiary/aromatic N) is 3. The quantitative estimate of drug-likeness (QED) is 0.940. The third kappa shape index (κ3) is 3.34. The summed E-state index contributed by atoms with van der Waals surface area (Å²) in [7, 11) is 0. The van der Waals surface area contributed by atoms with Crippen molar-refractivity contribution in [3.63, 3.8) is 0 Å². The number of anilines is 1. The predicted molar refractivity (Wildman–Crippen MR) is 71.4 cm³/mol. The second-order valence-corrected chi connectivity index (χ2v) is 4.39. The Hall–Kier alpha value is -2.49. The van der Waals surface area contributed by atoms with Crippen LogP contribution in [0.4, 0.5) is 18.9 Å². The van der Waals surface area contributed by atoms with Crippen LogP contribution in [-0.2, 0) is 19.3 Å². The molecule has 0 fully saturated rings. The zero-order valence-electron chi connectivity index (χ0n) is 11.3. The molecule has 1 aromatic carbocycles. The van der Waals surface area contributed by atoms with Crippen LogP contribution in [0.15, 0.2) is 30.7 Å². The average Bonchev–Trinajstić information content (AvgIpc) is 2.91. The molecular formula is C14H13F3N4. The summed E-state index contributed by atoms with van der Waals surface area (Å²) in [4.78, 5) is 3.96. The van der Waals surface area contributed by atoms with Gasteiger partial charge in [0.15, 0.2) is 0 Å². The molecule has 0 amide bonds. The molecule has 21 heavy (non-hydrogen) atoms. The molecule has 0 radical (unpaired) electrons. The lowest BCUT2D eigenvalue weighted by molar-refractivity contribution is -0.137. The molecule has 0 aliphatic carbocycles. The number of aromatic nitrogens is 2. The molecule has 2 rings (SSSR count). The standard InChI is InChI=1S/C14H13F3N4/c1-2-21-9-19-7-11(21)8-20-13-4-3-10(6-18)5-12(13)14(15,16)17/h3-5,7,9,20H,2,8H2,1H3. The van der Waals surface area contributed by atoms with Crippen LogP contribution in [0.3, 0.4) is 0 Å².